The van der Waals surface area contributed by atoms with Crippen LogP contribution in [0, 0.1) is 11.6 Å². The smallest absolute Gasteiger partial charge is 0.256 e. The van der Waals surface area contributed by atoms with Crippen LogP contribution < -0.4 is 5.32 Å². The van der Waals surface area contributed by atoms with Crippen LogP contribution >= 0.6 is 11.6 Å². The van der Waals surface area contributed by atoms with Gasteiger partial charge in [-0.1, -0.05) is 6.07 Å². The molecule has 0 unspecified atom stereocenters. The molecule has 0 radical (unpaired) electrons. The fourth-order valence-corrected chi connectivity index (χ4v) is 2.69. The number of fused-ring (bicyclic) bond motifs is 1. The lowest BCUT2D eigenvalue weighted by atomic mass is 10.0. The van der Waals surface area contributed by atoms with Crippen molar-refractivity contribution in [3.05, 3.63) is 64.7 Å². The predicted molar refractivity (Wildman–Crippen MR) is 83.7 cm³/mol. The van der Waals surface area contributed by atoms with E-state index in [0.717, 1.165) is 17.2 Å². The molecule has 0 aliphatic carbocycles. The molecule has 0 atom stereocenters. The summed E-state index contributed by atoms with van der Waals surface area (Å²) in [6, 6.07) is 8.74. The van der Waals surface area contributed by atoms with Crippen LogP contribution in [-0.2, 0) is 11.2 Å². The molecule has 1 N–H and O–H groups in total. The first-order valence-corrected chi connectivity index (χ1v) is 7.28. The van der Waals surface area contributed by atoms with Crippen molar-refractivity contribution in [2.24, 2.45) is 0 Å². The minimum absolute atomic E-state index is 0.289. The van der Waals surface area contributed by atoms with Crippen LogP contribution in [0.15, 0.2) is 36.4 Å². The standard InChI is InChI=1S/C17H12ClF2NO/c18-4-3-10-1-2-16-14(7-10)15(17(22)21-16)8-11-5-12(19)9-13(20)6-11/h1-2,5-9H,3-4H2,(H,21,22). The fourth-order valence-electron chi connectivity index (χ4n) is 2.47. The van der Waals surface area contributed by atoms with Gasteiger partial charge in [-0.3, -0.25) is 4.79 Å². The average Bonchev–Trinajstić information content (AvgIpc) is 2.74. The normalized spacial score (nSPS) is 15.0. The Bertz CT molecular complexity index is 766. The van der Waals surface area contributed by atoms with Crippen LogP contribution in [0.3, 0.4) is 0 Å². The van der Waals surface area contributed by atoms with Crippen molar-refractivity contribution in [1.82, 2.24) is 0 Å². The third-order valence-corrected chi connectivity index (χ3v) is 3.64. The van der Waals surface area contributed by atoms with Crippen LogP contribution in [0.25, 0.3) is 11.6 Å². The molecular weight excluding hydrogens is 308 g/mol. The van der Waals surface area contributed by atoms with E-state index in [0.29, 0.717) is 29.1 Å². The molecule has 1 heterocycles. The summed E-state index contributed by atoms with van der Waals surface area (Å²) in [7, 11) is 0. The Kier molecular flexibility index (Phi) is 3.94. The number of halogens is 3. The van der Waals surface area contributed by atoms with Gasteiger partial charge in [0.25, 0.3) is 5.91 Å². The molecule has 2 nitrogen and oxygen atoms in total. The highest BCUT2D eigenvalue weighted by molar-refractivity contribution is 6.34. The molecule has 0 bridgehead atoms. The van der Waals surface area contributed by atoms with E-state index in [-0.39, 0.29) is 5.91 Å². The molecule has 1 aliphatic rings. The van der Waals surface area contributed by atoms with Gasteiger partial charge in [0.1, 0.15) is 11.6 Å². The molecule has 0 saturated heterocycles. The summed E-state index contributed by atoms with van der Waals surface area (Å²) in [6.45, 7) is 0. The topological polar surface area (TPSA) is 29.1 Å². The van der Waals surface area contributed by atoms with Crippen molar-refractivity contribution >= 4 is 34.8 Å². The molecule has 112 valence electrons. The summed E-state index contributed by atoms with van der Waals surface area (Å²) in [5.74, 6) is -1.17. The highest BCUT2D eigenvalue weighted by atomic mass is 35.5. The van der Waals surface area contributed by atoms with Gasteiger partial charge in [0.2, 0.25) is 0 Å². The molecule has 0 fully saturated rings. The van der Waals surface area contributed by atoms with E-state index >= 15 is 0 Å². The molecule has 0 saturated carbocycles. The van der Waals surface area contributed by atoms with E-state index in [1.54, 1.807) is 0 Å². The number of aryl methyl sites for hydroxylation is 1. The van der Waals surface area contributed by atoms with Gasteiger partial charge in [0.05, 0.1) is 0 Å². The van der Waals surface area contributed by atoms with E-state index in [4.69, 9.17) is 11.6 Å². The minimum atomic E-state index is -0.679. The Morgan fingerprint density at radius 3 is 2.50 bits per heavy atom. The molecule has 2 aromatic carbocycles. The van der Waals surface area contributed by atoms with E-state index in [2.05, 4.69) is 5.32 Å². The van der Waals surface area contributed by atoms with Gasteiger partial charge in [-0.05, 0) is 47.9 Å². The average molecular weight is 320 g/mol. The molecule has 0 aromatic heterocycles. The van der Waals surface area contributed by atoms with Gasteiger partial charge >= 0.3 is 0 Å². The van der Waals surface area contributed by atoms with Gasteiger partial charge in [0, 0.05) is 28.8 Å². The second kappa shape index (κ2) is 5.89. The molecule has 2 aromatic rings. The summed E-state index contributed by atoms with van der Waals surface area (Å²) in [5.41, 5.74) is 3.10. The van der Waals surface area contributed by atoms with Crippen molar-refractivity contribution in [1.29, 1.82) is 0 Å². The zero-order valence-corrected chi connectivity index (χ0v) is 12.3. The Labute approximate surface area is 131 Å². The number of hydrogen-bond donors (Lipinski definition) is 1. The monoisotopic (exact) mass is 319 g/mol. The maximum Gasteiger partial charge on any atom is 0.256 e. The number of carbonyl (C=O) groups excluding carboxylic acids is 1. The molecule has 3 rings (SSSR count). The maximum atomic E-state index is 13.3. The summed E-state index contributed by atoms with van der Waals surface area (Å²) in [4.78, 5) is 12.1. The van der Waals surface area contributed by atoms with Gasteiger partial charge in [-0.15, -0.1) is 11.6 Å². The van der Waals surface area contributed by atoms with Crippen molar-refractivity contribution in [2.75, 3.05) is 11.2 Å². The second-order valence-electron chi connectivity index (χ2n) is 5.03. The van der Waals surface area contributed by atoms with E-state index in [1.807, 2.05) is 18.2 Å². The zero-order valence-electron chi connectivity index (χ0n) is 11.5. The van der Waals surface area contributed by atoms with Crippen LogP contribution in [0.1, 0.15) is 16.7 Å². The zero-order chi connectivity index (χ0) is 15.7. The van der Waals surface area contributed by atoms with E-state index in [1.165, 1.54) is 18.2 Å². The lowest BCUT2D eigenvalue weighted by Gasteiger charge is -2.03. The Balaban J connectivity index is 2.06. The number of hydrogen-bond acceptors (Lipinski definition) is 1. The number of benzene rings is 2. The number of rotatable bonds is 3. The van der Waals surface area contributed by atoms with Crippen LogP contribution in [0.4, 0.5) is 14.5 Å². The minimum Gasteiger partial charge on any atom is -0.321 e. The number of alkyl halides is 1. The quantitative estimate of drug-likeness (QED) is 0.665. The highest BCUT2D eigenvalue weighted by Gasteiger charge is 2.24. The number of anilines is 1. The second-order valence-corrected chi connectivity index (χ2v) is 5.41. The number of amides is 1. The van der Waals surface area contributed by atoms with E-state index < -0.39 is 11.6 Å². The third kappa shape index (κ3) is 2.88. The molecule has 5 heteroatoms. The van der Waals surface area contributed by atoms with E-state index in [9.17, 15) is 13.6 Å². The predicted octanol–water partition coefficient (Wildman–Crippen LogP) is 4.24. The fraction of sp³-hybridized carbons (Fsp3) is 0.118. The van der Waals surface area contributed by atoms with Gasteiger partial charge in [-0.2, -0.15) is 0 Å². The van der Waals surface area contributed by atoms with Crippen molar-refractivity contribution in [2.45, 2.75) is 6.42 Å². The third-order valence-electron chi connectivity index (χ3n) is 3.45. The summed E-state index contributed by atoms with van der Waals surface area (Å²) >= 11 is 5.74. The van der Waals surface area contributed by atoms with Crippen LogP contribution in [-0.4, -0.2) is 11.8 Å². The Morgan fingerprint density at radius 1 is 1.09 bits per heavy atom. The van der Waals surface area contributed by atoms with Crippen molar-refractivity contribution < 1.29 is 13.6 Å². The van der Waals surface area contributed by atoms with Gasteiger partial charge in [-0.25, -0.2) is 8.78 Å². The molecule has 1 aliphatic heterocycles. The van der Waals surface area contributed by atoms with Gasteiger partial charge < -0.3 is 5.32 Å². The lowest BCUT2D eigenvalue weighted by Crippen LogP contribution is -2.03. The van der Waals surface area contributed by atoms with Gasteiger partial charge in [0.15, 0.2) is 0 Å². The molecular formula is C17H12ClF2NO. The first-order valence-electron chi connectivity index (χ1n) is 6.75. The first-order chi connectivity index (χ1) is 10.6. The largest absolute Gasteiger partial charge is 0.321 e. The Hall–Kier alpha value is -2.20. The molecule has 1 amide bonds. The summed E-state index contributed by atoms with van der Waals surface area (Å²) in [6.07, 6.45) is 2.17. The summed E-state index contributed by atoms with van der Waals surface area (Å²) < 4.78 is 26.6. The highest BCUT2D eigenvalue weighted by Crippen LogP contribution is 2.34. The maximum absolute atomic E-state index is 13.3. The molecule has 0 spiro atoms. The number of carbonyl (C=O) groups is 1. The SMILES string of the molecule is O=C1Nc2ccc(CCCl)cc2C1=Cc1cc(F)cc(F)c1. The Morgan fingerprint density at radius 2 is 1.82 bits per heavy atom. The molecule has 22 heavy (non-hydrogen) atoms. The summed E-state index contributed by atoms with van der Waals surface area (Å²) in [5, 5.41) is 2.74. The number of nitrogens with one attached hydrogen (secondary N) is 1. The van der Waals surface area contributed by atoms with Crippen molar-refractivity contribution in [3.63, 3.8) is 0 Å². The van der Waals surface area contributed by atoms with Crippen molar-refractivity contribution in [3.8, 4) is 0 Å². The van der Waals surface area contributed by atoms with Crippen LogP contribution in [0.5, 0.6) is 0 Å². The first kappa shape index (κ1) is 14.7. The lowest BCUT2D eigenvalue weighted by molar-refractivity contribution is -0.110. The van der Waals surface area contributed by atoms with Crippen LogP contribution in [0.2, 0.25) is 0 Å².